The molecule has 3 unspecified atom stereocenters. The van der Waals surface area contributed by atoms with Crippen LogP contribution in [0.5, 0.6) is 0 Å². The highest BCUT2D eigenvalue weighted by molar-refractivity contribution is 7.92. The molecule has 0 radical (unpaired) electrons. The van der Waals surface area contributed by atoms with Crippen molar-refractivity contribution in [2.24, 2.45) is 11.8 Å². The normalized spacial score (nSPS) is 26.8. The Labute approximate surface area is 210 Å². The number of carbonyl (C=O) groups excluding carboxylic acids is 1. The highest BCUT2D eigenvalue weighted by Crippen LogP contribution is 2.58. The molecule has 2 aromatic carbocycles. The SMILES string of the molecule is CC(C)(O)C(O)C1(O)C2CC1CC(S(=O)(=O)c1cc(C(=O)Nc3cc(F)c(F)c(F)c3)ccc1Cl)C2. The fourth-order valence-corrected chi connectivity index (χ4v) is 7.74. The maximum Gasteiger partial charge on any atom is 0.255 e. The van der Waals surface area contributed by atoms with Crippen LogP contribution < -0.4 is 5.32 Å². The van der Waals surface area contributed by atoms with Gasteiger partial charge in [-0.05, 0) is 63.1 Å². The Morgan fingerprint density at radius 3 is 2.19 bits per heavy atom. The molecule has 2 aromatic rings. The number of hydrogen-bond donors (Lipinski definition) is 4. The maximum atomic E-state index is 13.5. The van der Waals surface area contributed by atoms with Crippen molar-refractivity contribution < 1.29 is 41.7 Å². The van der Waals surface area contributed by atoms with Gasteiger partial charge >= 0.3 is 0 Å². The molecule has 0 heterocycles. The standard InChI is InChI=1S/C24H25ClF3NO6S/c1-23(2,32)22(31)24(33)12-6-13(24)8-15(7-12)36(34,35)19-5-11(3-4-16(19)25)21(30)29-14-9-17(26)20(28)18(27)10-14/h3-5,9-10,12-13,15,22,31-33H,6-8H2,1-2H3,(H,29,30). The molecule has 36 heavy (non-hydrogen) atoms. The molecular weight excluding hydrogens is 523 g/mol. The highest BCUT2D eigenvalue weighted by Gasteiger charge is 2.65. The molecule has 3 fully saturated rings. The minimum atomic E-state index is -4.09. The first-order valence-electron chi connectivity index (χ1n) is 11.2. The van der Waals surface area contributed by atoms with Gasteiger partial charge in [-0.15, -0.1) is 0 Å². The number of aliphatic hydroxyl groups excluding tert-OH is 1. The van der Waals surface area contributed by atoms with Crippen LogP contribution in [-0.4, -0.2) is 52.2 Å². The molecule has 5 rings (SSSR count). The van der Waals surface area contributed by atoms with E-state index in [1.54, 1.807) is 0 Å². The van der Waals surface area contributed by atoms with Crippen LogP contribution in [-0.2, 0) is 9.84 Å². The van der Waals surface area contributed by atoms with E-state index >= 15 is 0 Å². The van der Waals surface area contributed by atoms with Crippen molar-refractivity contribution in [1.29, 1.82) is 0 Å². The first kappa shape index (κ1) is 26.9. The minimum absolute atomic E-state index is 0.0172. The van der Waals surface area contributed by atoms with Gasteiger partial charge in [0.1, 0.15) is 6.10 Å². The van der Waals surface area contributed by atoms with Crippen LogP contribution in [0.1, 0.15) is 43.5 Å². The van der Waals surface area contributed by atoms with Gasteiger partial charge in [-0.25, -0.2) is 21.6 Å². The predicted octanol–water partition coefficient (Wildman–Crippen LogP) is 3.44. The third-order valence-corrected chi connectivity index (χ3v) is 9.91. The molecule has 0 aromatic heterocycles. The maximum absolute atomic E-state index is 13.5. The lowest BCUT2D eigenvalue weighted by Crippen LogP contribution is -2.71. The van der Waals surface area contributed by atoms with Crippen LogP contribution in [0.3, 0.4) is 0 Å². The Balaban J connectivity index is 1.57. The smallest absolute Gasteiger partial charge is 0.255 e. The minimum Gasteiger partial charge on any atom is -0.388 e. The van der Waals surface area contributed by atoms with Crippen LogP contribution in [0, 0.1) is 29.3 Å². The van der Waals surface area contributed by atoms with Gasteiger partial charge in [0.05, 0.1) is 26.4 Å². The number of amides is 1. The summed E-state index contributed by atoms with van der Waals surface area (Å²) in [7, 11) is -4.09. The molecule has 196 valence electrons. The van der Waals surface area contributed by atoms with Gasteiger partial charge < -0.3 is 20.6 Å². The zero-order chi connectivity index (χ0) is 26.8. The second-order valence-electron chi connectivity index (χ2n) is 10.1. The van der Waals surface area contributed by atoms with Gasteiger partial charge in [-0.1, -0.05) is 11.6 Å². The summed E-state index contributed by atoms with van der Waals surface area (Å²) in [5.41, 5.74) is -3.74. The zero-order valence-corrected chi connectivity index (χ0v) is 20.9. The van der Waals surface area contributed by atoms with Crippen LogP contribution in [0.25, 0.3) is 0 Å². The van der Waals surface area contributed by atoms with E-state index in [4.69, 9.17) is 11.6 Å². The van der Waals surface area contributed by atoms with Crippen LogP contribution in [0.4, 0.5) is 18.9 Å². The van der Waals surface area contributed by atoms with E-state index in [1.807, 2.05) is 0 Å². The van der Waals surface area contributed by atoms with Crippen molar-refractivity contribution in [1.82, 2.24) is 0 Å². The van der Waals surface area contributed by atoms with Crippen molar-refractivity contribution in [2.75, 3.05) is 5.32 Å². The molecule has 12 heteroatoms. The van der Waals surface area contributed by atoms with Crippen molar-refractivity contribution in [2.45, 2.75) is 60.6 Å². The summed E-state index contributed by atoms with van der Waals surface area (Å²) >= 11 is 6.16. The molecule has 3 atom stereocenters. The summed E-state index contributed by atoms with van der Waals surface area (Å²) in [6.45, 7) is 2.73. The number of aliphatic hydroxyl groups is 3. The van der Waals surface area contributed by atoms with E-state index in [0.29, 0.717) is 18.6 Å². The monoisotopic (exact) mass is 547 g/mol. The van der Waals surface area contributed by atoms with Crippen LogP contribution in [0.15, 0.2) is 35.2 Å². The summed E-state index contributed by atoms with van der Waals surface area (Å²) < 4.78 is 67.0. The van der Waals surface area contributed by atoms with E-state index in [2.05, 4.69) is 5.32 Å². The van der Waals surface area contributed by atoms with Crippen molar-refractivity contribution >= 4 is 33.0 Å². The van der Waals surface area contributed by atoms with Gasteiger partial charge in [0.2, 0.25) is 0 Å². The second kappa shape index (κ2) is 8.98. The predicted molar refractivity (Wildman–Crippen MR) is 125 cm³/mol. The molecule has 3 aliphatic rings. The van der Waals surface area contributed by atoms with E-state index in [-0.39, 0.29) is 34.0 Å². The van der Waals surface area contributed by atoms with Gasteiger partial charge in [-0.3, -0.25) is 4.79 Å². The summed E-state index contributed by atoms with van der Waals surface area (Å²) in [6, 6.07) is 4.64. The van der Waals surface area contributed by atoms with Crippen molar-refractivity contribution in [3.05, 3.63) is 58.4 Å². The van der Waals surface area contributed by atoms with Gasteiger partial charge in [0.25, 0.3) is 5.91 Å². The third-order valence-electron chi connectivity index (χ3n) is 7.26. The number of carbonyl (C=O) groups is 1. The van der Waals surface area contributed by atoms with Gasteiger partial charge in [0, 0.05) is 23.4 Å². The number of fused-ring (bicyclic) bond motifs is 2. The number of rotatable bonds is 6. The first-order chi connectivity index (χ1) is 16.6. The second-order valence-corrected chi connectivity index (χ2v) is 12.7. The number of anilines is 1. The molecule has 7 nitrogen and oxygen atoms in total. The molecule has 3 saturated carbocycles. The summed E-state index contributed by atoms with van der Waals surface area (Å²) in [5, 5.41) is 32.8. The lowest BCUT2D eigenvalue weighted by molar-refractivity contribution is -0.266. The largest absolute Gasteiger partial charge is 0.388 e. The molecule has 0 saturated heterocycles. The number of halogens is 4. The van der Waals surface area contributed by atoms with Crippen LogP contribution in [0.2, 0.25) is 5.02 Å². The van der Waals surface area contributed by atoms with E-state index in [1.165, 1.54) is 26.0 Å². The summed E-state index contributed by atoms with van der Waals surface area (Å²) in [6.07, 6.45) is -0.933. The number of sulfone groups is 1. The number of hydrogen-bond acceptors (Lipinski definition) is 6. The fourth-order valence-electron chi connectivity index (χ4n) is 5.33. The number of benzene rings is 2. The zero-order valence-electron chi connectivity index (χ0n) is 19.3. The van der Waals surface area contributed by atoms with Crippen molar-refractivity contribution in [3.8, 4) is 0 Å². The topological polar surface area (TPSA) is 124 Å². The average Bonchev–Trinajstić information content (AvgIpc) is 2.80. The first-order valence-corrected chi connectivity index (χ1v) is 13.1. The van der Waals surface area contributed by atoms with E-state index in [0.717, 1.165) is 6.07 Å². The quantitative estimate of drug-likeness (QED) is 0.411. The number of nitrogens with one attached hydrogen (secondary N) is 1. The molecular formula is C24H25ClF3NO6S. The Morgan fingerprint density at radius 1 is 1.11 bits per heavy atom. The van der Waals surface area contributed by atoms with E-state index < -0.39 is 67.6 Å². The molecule has 2 bridgehead atoms. The van der Waals surface area contributed by atoms with Crippen LogP contribution >= 0.6 is 11.6 Å². The molecule has 0 spiro atoms. The van der Waals surface area contributed by atoms with Gasteiger partial charge in [-0.2, -0.15) is 0 Å². The lowest BCUT2D eigenvalue weighted by atomic mass is 9.50. The highest BCUT2D eigenvalue weighted by atomic mass is 35.5. The molecule has 4 N–H and O–H groups in total. The van der Waals surface area contributed by atoms with Gasteiger partial charge in [0.15, 0.2) is 27.3 Å². The lowest BCUT2D eigenvalue weighted by Gasteiger charge is -2.61. The summed E-state index contributed by atoms with van der Waals surface area (Å²) in [4.78, 5) is 12.3. The third kappa shape index (κ3) is 4.41. The Morgan fingerprint density at radius 2 is 1.67 bits per heavy atom. The molecule has 3 aliphatic carbocycles. The Bertz CT molecular complexity index is 1290. The molecule has 1 amide bonds. The Hall–Kier alpha value is -2.18. The van der Waals surface area contributed by atoms with Crippen molar-refractivity contribution in [3.63, 3.8) is 0 Å². The molecule has 0 aliphatic heterocycles. The Kier molecular flexibility index (Phi) is 6.71. The fraction of sp³-hybridized carbons (Fsp3) is 0.458. The average molecular weight is 548 g/mol. The van der Waals surface area contributed by atoms with E-state index in [9.17, 15) is 41.7 Å². The summed E-state index contributed by atoms with van der Waals surface area (Å²) in [5.74, 6) is -6.73.